The zero-order valence-electron chi connectivity index (χ0n) is 12.1. The molecule has 0 saturated carbocycles. The van der Waals surface area contributed by atoms with Crippen LogP contribution in [-0.2, 0) is 4.79 Å². The summed E-state index contributed by atoms with van der Waals surface area (Å²) in [4.78, 5) is 15.2. The fraction of sp³-hybridized carbons (Fsp3) is 0.933. The predicted molar refractivity (Wildman–Crippen MR) is 75.9 cm³/mol. The average Bonchev–Trinajstić information content (AvgIpc) is 2.90. The second-order valence-corrected chi connectivity index (χ2v) is 6.68. The first kappa shape index (κ1) is 13.4. The molecule has 2 atom stereocenters. The third kappa shape index (κ3) is 2.52. The molecule has 1 amide bonds. The monoisotopic (exact) mass is 265 g/mol. The van der Waals surface area contributed by atoms with Crippen molar-refractivity contribution in [1.29, 1.82) is 0 Å². The van der Waals surface area contributed by atoms with Gasteiger partial charge in [0.2, 0.25) is 5.91 Å². The molecule has 4 heterocycles. The number of nitrogens with zero attached hydrogens (tertiary/aromatic N) is 1. The normalized spacial score (nSPS) is 41.4. The van der Waals surface area contributed by atoms with Crippen LogP contribution >= 0.6 is 0 Å². The Balaban J connectivity index is 1.63. The first-order valence-corrected chi connectivity index (χ1v) is 7.97. The van der Waals surface area contributed by atoms with Crippen molar-refractivity contribution in [3.8, 4) is 0 Å². The standard InChI is InChI=1S/C15H27N3O/c1-2-5-15(6-7-16-11-15)14(19)17-13-10-18-8-3-12(13)4-9-18/h12-13,16H,2-11H2,1H3,(H,17,19). The number of hydrogen-bond acceptors (Lipinski definition) is 3. The van der Waals surface area contributed by atoms with Gasteiger partial charge in [0, 0.05) is 19.1 Å². The number of fused-ring (bicyclic) bond motifs is 3. The quantitative estimate of drug-likeness (QED) is 0.796. The maximum Gasteiger partial charge on any atom is 0.227 e. The summed E-state index contributed by atoms with van der Waals surface area (Å²) in [5, 5.41) is 6.78. The van der Waals surface area contributed by atoms with Gasteiger partial charge in [-0.1, -0.05) is 13.3 Å². The van der Waals surface area contributed by atoms with Crippen LogP contribution < -0.4 is 10.6 Å². The molecular weight excluding hydrogens is 238 g/mol. The van der Waals surface area contributed by atoms with Crippen molar-refractivity contribution in [3.05, 3.63) is 0 Å². The fourth-order valence-electron chi connectivity index (χ4n) is 4.19. The van der Waals surface area contributed by atoms with E-state index < -0.39 is 0 Å². The van der Waals surface area contributed by atoms with Crippen molar-refractivity contribution in [2.24, 2.45) is 11.3 Å². The van der Waals surface area contributed by atoms with E-state index in [0.29, 0.717) is 11.9 Å². The Bertz CT molecular complexity index is 330. The molecule has 4 fully saturated rings. The van der Waals surface area contributed by atoms with Crippen LogP contribution in [0.3, 0.4) is 0 Å². The summed E-state index contributed by atoms with van der Waals surface area (Å²) in [5.41, 5.74) is -0.124. The van der Waals surface area contributed by atoms with Crippen LogP contribution in [0.1, 0.15) is 39.0 Å². The highest BCUT2D eigenvalue weighted by Crippen LogP contribution is 2.33. The van der Waals surface area contributed by atoms with E-state index in [-0.39, 0.29) is 5.41 Å². The highest BCUT2D eigenvalue weighted by molar-refractivity contribution is 5.83. The Morgan fingerprint density at radius 3 is 2.74 bits per heavy atom. The van der Waals surface area contributed by atoms with Gasteiger partial charge in [0.25, 0.3) is 0 Å². The molecule has 4 nitrogen and oxygen atoms in total. The van der Waals surface area contributed by atoms with Crippen LogP contribution in [-0.4, -0.2) is 49.6 Å². The smallest absolute Gasteiger partial charge is 0.227 e. The second kappa shape index (κ2) is 5.41. The van der Waals surface area contributed by atoms with E-state index in [4.69, 9.17) is 0 Å². The van der Waals surface area contributed by atoms with Gasteiger partial charge < -0.3 is 15.5 Å². The molecule has 108 valence electrons. The van der Waals surface area contributed by atoms with E-state index in [9.17, 15) is 4.79 Å². The zero-order chi connectivity index (χ0) is 13.3. The lowest BCUT2D eigenvalue weighted by Crippen LogP contribution is -2.59. The van der Waals surface area contributed by atoms with E-state index >= 15 is 0 Å². The molecule has 4 rings (SSSR count). The van der Waals surface area contributed by atoms with Crippen LogP contribution in [0.4, 0.5) is 0 Å². The number of amides is 1. The fourth-order valence-corrected chi connectivity index (χ4v) is 4.19. The number of carbonyl (C=O) groups excluding carboxylic acids is 1. The molecule has 19 heavy (non-hydrogen) atoms. The van der Waals surface area contributed by atoms with Crippen LogP contribution in [0.15, 0.2) is 0 Å². The summed E-state index contributed by atoms with van der Waals surface area (Å²) in [7, 11) is 0. The van der Waals surface area contributed by atoms with Crippen LogP contribution in [0.25, 0.3) is 0 Å². The Hall–Kier alpha value is -0.610. The number of nitrogens with one attached hydrogen (secondary N) is 2. The highest BCUT2D eigenvalue weighted by atomic mass is 16.2. The molecule has 0 aromatic heterocycles. The van der Waals surface area contributed by atoms with Crippen molar-refractivity contribution in [1.82, 2.24) is 15.5 Å². The number of carbonyl (C=O) groups is 1. The number of piperidine rings is 3. The summed E-state index contributed by atoms with van der Waals surface area (Å²) in [5.74, 6) is 1.04. The van der Waals surface area contributed by atoms with Crippen molar-refractivity contribution in [3.63, 3.8) is 0 Å². The molecule has 0 aliphatic carbocycles. The van der Waals surface area contributed by atoms with Gasteiger partial charge in [0.05, 0.1) is 5.41 Å². The minimum absolute atomic E-state index is 0.124. The molecule has 0 aromatic rings. The SMILES string of the molecule is CCCC1(C(=O)NC2CN3CCC2CC3)CCNC1. The lowest BCUT2D eigenvalue weighted by molar-refractivity contribution is -0.132. The molecule has 2 N–H and O–H groups in total. The Morgan fingerprint density at radius 1 is 1.42 bits per heavy atom. The maximum atomic E-state index is 12.7. The maximum absolute atomic E-state index is 12.7. The van der Waals surface area contributed by atoms with E-state index in [1.807, 2.05) is 0 Å². The predicted octanol–water partition coefficient (Wildman–Crippen LogP) is 0.977. The van der Waals surface area contributed by atoms with E-state index in [2.05, 4.69) is 22.5 Å². The number of rotatable bonds is 4. The molecule has 4 aliphatic rings. The highest BCUT2D eigenvalue weighted by Gasteiger charge is 2.43. The van der Waals surface area contributed by atoms with Gasteiger partial charge in [0.15, 0.2) is 0 Å². The van der Waals surface area contributed by atoms with Crippen molar-refractivity contribution in [2.75, 3.05) is 32.7 Å². The molecular formula is C15H27N3O. The van der Waals surface area contributed by atoms with Gasteiger partial charge in [-0.15, -0.1) is 0 Å². The zero-order valence-corrected chi connectivity index (χ0v) is 12.1. The molecule has 4 aliphatic heterocycles. The largest absolute Gasteiger partial charge is 0.351 e. The molecule has 0 radical (unpaired) electrons. The van der Waals surface area contributed by atoms with Crippen LogP contribution in [0, 0.1) is 11.3 Å². The van der Waals surface area contributed by atoms with Crippen molar-refractivity contribution in [2.45, 2.75) is 45.1 Å². The van der Waals surface area contributed by atoms with E-state index in [0.717, 1.165) is 44.8 Å². The topological polar surface area (TPSA) is 44.4 Å². The van der Waals surface area contributed by atoms with E-state index in [1.54, 1.807) is 0 Å². The van der Waals surface area contributed by atoms with Crippen molar-refractivity contribution < 1.29 is 4.79 Å². The third-order valence-electron chi connectivity index (χ3n) is 5.43. The van der Waals surface area contributed by atoms with Gasteiger partial charge in [-0.05, 0) is 51.2 Å². The minimum Gasteiger partial charge on any atom is -0.351 e. The first-order chi connectivity index (χ1) is 9.23. The molecule has 4 saturated heterocycles. The van der Waals surface area contributed by atoms with Gasteiger partial charge in [-0.25, -0.2) is 0 Å². The molecule has 2 bridgehead atoms. The Morgan fingerprint density at radius 2 is 2.21 bits per heavy atom. The summed E-state index contributed by atoms with van der Waals surface area (Å²) in [6, 6.07) is 0.407. The molecule has 4 heteroatoms. The van der Waals surface area contributed by atoms with Gasteiger partial charge >= 0.3 is 0 Å². The summed E-state index contributed by atoms with van der Waals surface area (Å²) >= 11 is 0. The average molecular weight is 265 g/mol. The Labute approximate surface area is 116 Å². The number of hydrogen-bond donors (Lipinski definition) is 2. The minimum atomic E-state index is -0.124. The van der Waals surface area contributed by atoms with Crippen LogP contribution in [0.2, 0.25) is 0 Å². The molecule has 0 spiro atoms. The van der Waals surface area contributed by atoms with Crippen LogP contribution in [0.5, 0.6) is 0 Å². The molecule has 2 unspecified atom stereocenters. The summed E-state index contributed by atoms with van der Waals surface area (Å²) in [6.07, 6.45) is 5.66. The third-order valence-corrected chi connectivity index (χ3v) is 5.43. The Kier molecular flexibility index (Phi) is 3.81. The van der Waals surface area contributed by atoms with Crippen molar-refractivity contribution >= 4 is 5.91 Å². The first-order valence-electron chi connectivity index (χ1n) is 7.97. The van der Waals surface area contributed by atoms with Gasteiger partial charge in [0.1, 0.15) is 0 Å². The van der Waals surface area contributed by atoms with Gasteiger partial charge in [-0.3, -0.25) is 4.79 Å². The van der Waals surface area contributed by atoms with E-state index in [1.165, 1.54) is 25.9 Å². The summed E-state index contributed by atoms with van der Waals surface area (Å²) < 4.78 is 0. The second-order valence-electron chi connectivity index (χ2n) is 6.68. The lowest BCUT2D eigenvalue weighted by Gasteiger charge is -2.45. The molecule has 0 aromatic carbocycles. The summed E-state index contributed by atoms with van der Waals surface area (Å²) in [6.45, 7) is 7.59. The lowest BCUT2D eigenvalue weighted by atomic mass is 9.79. The van der Waals surface area contributed by atoms with Gasteiger partial charge in [-0.2, -0.15) is 0 Å².